The lowest BCUT2D eigenvalue weighted by Gasteiger charge is -2.03. The van der Waals surface area contributed by atoms with E-state index in [9.17, 15) is 19.3 Å². The molecule has 0 aliphatic carbocycles. The number of rotatable bonds is 4. The predicted octanol–water partition coefficient (Wildman–Crippen LogP) is 2.12. The van der Waals surface area contributed by atoms with Gasteiger partial charge in [-0.05, 0) is 12.1 Å². The number of nitrogens with zero attached hydrogens (tertiary/aromatic N) is 2. The number of benzene rings is 1. The van der Waals surface area contributed by atoms with Gasteiger partial charge >= 0.3 is 5.69 Å². The maximum Gasteiger partial charge on any atom is 0.304 e. The third-order valence-corrected chi connectivity index (χ3v) is 3.09. The zero-order chi connectivity index (χ0) is 13.8. The molecule has 1 N–H and O–H groups in total. The minimum Gasteiger partial charge on any atom is -0.347 e. The summed E-state index contributed by atoms with van der Waals surface area (Å²) in [6.07, 6.45) is 1.61. The highest BCUT2D eigenvalue weighted by atomic mass is 32.1. The van der Waals surface area contributed by atoms with Crippen LogP contribution in [-0.4, -0.2) is 15.8 Å². The van der Waals surface area contributed by atoms with Gasteiger partial charge in [0, 0.05) is 22.7 Å². The van der Waals surface area contributed by atoms with Crippen LogP contribution < -0.4 is 5.32 Å². The number of nitro benzene ring substituents is 1. The number of halogens is 1. The molecule has 0 unspecified atom stereocenters. The van der Waals surface area contributed by atoms with Crippen LogP contribution in [0.3, 0.4) is 0 Å². The third kappa shape index (κ3) is 3.10. The molecule has 2 rings (SSSR count). The molecule has 98 valence electrons. The van der Waals surface area contributed by atoms with Crippen molar-refractivity contribution in [2.75, 3.05) is 0 Å². The van der Waals surface area contributed by atoms with Crippen LogP contribution in [0.1, 0.15) is 15.2 Å². The Morgan fingerprint density at radius 2 is 2.32 bits per heavy atom. The van der Waals surface area contributed by atoms with Crippen molar-refractivity contribution in [3.8, 4) is 0 Å². The first-order valence-corrected chi connectivity index (χ1v) is 6.05. The molecule has 0 aliphatic heterocycles. The van der Waals surface area contributed by atoms with Crippen molar-refractivity contribution in [3.05, 3.63) is 56.3 Å². The summed E-state index contributed by atoms with van der Waals surface area (Å²) in [4.78, 5) is 26.0. The van der Waals surface area contributed by atoms with Crippen LogP contribution >= 0.6 is 11.3 Å². The van der Waals surface area contributed by atoms with Crippen LogP contribution in [0.5, 0.6) is 0 Å². The number of hydrogen-bond donors (Lipinski definition) is 1. The minimum absolute atomic E-state index is 0.0348. The van der Waals surface area contributed by atoms with Crippen molar-refractivity contribution in [1.29, 1.82) is 0 Å². The lowest BCUT2D eigenvalue weighted by molar-refractivity contribution is -0.387. The molecule has 0 saturated heterocycles. The number of amides is 1. The molecule has 0 fully saturated rings. The average Bonchev–Trinajstić information content (AvgIpc) is 2.88. The standard InChI is InChI=1S/C11H8FN3O3S/c12-9-3-7(1-2-10(9)15(17)18)11(16)14-5-8-4-13-6-19-8/h1-4,6H,5H2,(H,14,16). The molecule has 0 spiro atoms. The Hall–Kier alpha value is -2.35. The fourth-order valence-electron chi connectivity index (χ4n) is 1.40. The third-order valence-electron chi connectivity index (χ3n) is 2.31. The summed E-state index contributed by atoms with van der Waals surface area (Å²) in [5.41, 5.74) is 1.01. The number of thiazole rings is 1. The fraction of sp³-hybridized carbons (Fsp3) is 0.0909. The predicted molar refractivity (Wildman–Crippen MR) is 66.3 cm³/mol. The highest BCUT2D eigenvalue weighted by molar-refractivity contribution is 7.09. The Kier molecular flexibility index (Phi) is 3.81. The molecule has 0 aliphatic rings. The second-order valence-electron chi connectivity index (χ2n) is 3.57. The van der Waals surface area contributed by atoms with Crippen LogP contribution in [-0.2, 0) is 6.54 Å². The van der Waals surface area contributed by atoms with E-state index in [2.05, 4.69) is 10.3 Å². The summed E-state index contributed by atoms with van der Waals surface area (Å²) in [6, 6.07) is 3.03. The highest BCUT2D eigenvalue weighted by Gasteiger charge is 2.16. The molecule has 0 atom stereocenters. The number of hydrogen-bond acceptors (Lipinski definition) is 5. The molecule has 6 nitrogen and oxygen atoms in total. The fourth-order valence-corrected chi connectivity index (χ4v) is 1.93. The second kappa shape index (κ2) is 5.53. The first-order valence-electron chi connectivity index (χ1n) is 5.17. The molecule has 1 aromatic carbocycles. The molecule has 1 amide bonds. The SMILES string of the molecule is O=C(NCc1cncs1)c1ccc([N+](=O)[O-])c(F)c1. The van der Waals surface area contributed by atoms with Gasteiger partial charge in [0.05, 0.1) is 17.0 Å². The van der Waals surface area contributed by atoms with E-state index in [-0.39, 0.29) is 12.1 Å². The normalized spacial score (nSPS) is 10.2. The summed E-state index contributed by atoms with van der Waals surface area (Å²) in [5.74, 6) is -1.53. The number of carbonyl (C=O) groups is 1. The lowest BCUT2D eigenvalue weighted by Crippen LogP contribution is -2.22. The van der Waals surface area contributed by atoms with Gasteiger partial charge in [-0.3, -0.25) is 19.9 Å². The zero-order valence-corrected chi connectivity index (χ0v) is 10.3. The van der Waals surface area contributed by atoms with Crippen molar-refractivity contribution in [2.45, 2.75) is 6.54 Å². The molecule has 1 aromatic heterocycles. The Balaban J connectivity index is 2.07. The van der Waals surface area contributed by atoms with Gasteiger partial charge in [-0.25, -0.2) is 0 Å². The molecule has 0 saturated carbocycles. The summed E-state index contributed by atoms with van der Waals surface area (Å²) < 4.78 is 13.3. The Morgan fingerprint density at radius 1 is 1.53 bits per heavy atom. The Labute approximate surface area is 111 Å². The number of aromatic nitrogens is 1. The zero-order valence-electron chi connectivity index (χ0n) is 9.50. The molecule has 0 radical (unpaired) electrons. The number of carbonyl (C=O) groups excluding carboxylic acids is 1. The molecule has 19 heavy (non-hydrogen) atoms. The summed E-state index contributed by atoms with van der Waals surface area (Å²) in [7, 11) is 0. The van der Waals surface area contributed by atoms with Gasteiger partial charge in [-0.15, -0.1) is 11.3 Å². The number of nitrogens with one attached hydrogen (secondary N) is 1. The molecular formula is C11H8FN3O3S. The maximum atomic E-state index is 13.3. The maximum absolute atomic E-state index is 13.3. The quantitative estimate of drug-likeness (QED) is 0.687. The lowest BCUT2D eigenvalue weighted by atomic mass is 10.2. The monoisotopic (exact) mass is 281 g/mol. The van der Waals surface area contributed by atoms with Crippen molar-refractivity contribution in [2.24, 2.45) is 0 Å². The molecule has 2 aromatic rings. The van der Waals surface area contributed by atoms with Gasteiger partial charge in [0.15, 0.2) is 0 Å². The van der Waals surface area contributed by atoms with Crippen molar-refractivity contribution < 1.29 is 14.1 Å². The topological polar surface area (TPSA) is 85.1 Å². The van der Waals surface area contributed by atoms with E-state index >= 15 is 0 Å². The van der Waals surface area contributed by atoms with E-state index in [0.717, 1.165) is 17.0 Å². The summed E-state index contributed by atoms with van der Waals surface area (Å²) >= 11 is 1.38. The smallest absolute Gasteiger partial charge is 0.304 e. The summed E-state index contributed by atoms with van der Waals surface area (Å²) in [5, 5.41) is 13.0. The van der Waals surface area contributed by atoms with E-state index in [1.807, 2.05) is 0 Å². The van der Waals surface area contributed by atoms with E-state index in [4.69, 9.17) is 0 Å². The van der Waals surface area contributed by atoms with Gasteiger partial charge in [0.1, 0.15) is 0 Å². The largest absolute Gasteiger partial charge is 0.347 e. The van der Waals surface area contributed by atoms with Crippen molar-refractivity contribution in [3.63, 3.8) is 0 Å². The minimum atomic E-state index is -1.03. The van der Waals surface area contributed by atoms with Crippen LogP contribution in [0.15, 0.2) is 29.9 Å². The number of nitro groups is 1. The van der Waals surface area contributed by atoms with Crippen LogP contribution in [0.2, 0.25) is 0 Å². The van der Waals surface area contributed by atoms with E-state index in [1.165, 1.54) is 17.4 Å². The average molecular weight is 281 g/mol. The van der Waals surface area contributed by atoms with Gasteiger partial charge < -0.3 is 5.32 Å². The van der Waals surface area contributed by atoms with Crippen molar-refractivity contribution in [1.82, 2.24) is 10.3 Å². The second-order valence-corrected chi connectivity index (χ2v) is 4.54. The highest BCUT2D eigenvalue weighted by Crippen LogP contribution is 2.18. The van der Waals surface area contributed by atoms with Gasteiger partial charge in [-0.1, -0.05) is 0 Å². The first-order chi connectivity index (χ1) is 9.08. The Morgan fingerprint density at radius 3 is 2.89 bits per heavy atom. The first kappa shape index (κ1) is 13.1. The van der Waals surface area contributed by atoms with Gasteiger partial charge in [0.2, 0.25) is 5.82 Å². The van der Waals surface area contributed by atoms with Crippen LogP contribution in [0.4, 0.5) is 10.1 Å². The van der Waals surface area contributed by atoms with Gasteiger partial charge in [0.25, 0.3) is 5.91 Å². The Bertz CT molecular complexity index is 616. The van der Waals surface area contributed by atoms with Crippen LogP contribution in [0.25, 0.3) is 0 Å². The molecule has 0 bridgehead atoms. The molecule has 8 heteroatoms. The van der Waals surface area contributed by atoms with Crippen molar-refractivity contribution >= 4 is 22.9 Å². The van der Waals surface area contributed by atoms with Crippen LogP contribution in [0, 0.1) is 15.9 Å². The van der Waals surface area contributed by atoms with E-state index in [1.54, 1.807) is 11.7 Å². The molecular weight excluding hydrogens is 273 g/mol. The summed E-state index contributed by atoms with van der Waals surface area (Å²) in [6.45, 7) is 0.280. The van der Waals surface area contributed by atoms with E-state index in [0.29, 0.717) is 0 Å². The molecule has 1 heterocycles. The van der Waals surface area contributed by atoms with Gasteiger partial charge in [-0.2, -0.15) is 4.39 Å². The van der Waals surface area contributed by atoms with E-state index < -0.39 is 22.3 Å².